The average Bonchev–Trinajstić information content (AvgIpc) is 3.34. The molecular weight excluding hydrogens is 277 g/mol. The Hall–Kier alpha value is -2.42. The molecule has 0 heterocycles. The van der Waals surface area contributed by atoms with E-state index in [2.05, 4.69) is 6.58 Å². The third kappa shape index (κ3) is 2.93. The Morgan fingerprint density at radius 3 is 2.50 bits per heavy atom. The molecule has 0 aliphatic heterocycles. The summed E-state index contributed by atoms with van der Waals surface area (Å²) in [4.78, 5) is 14.5. The van der Waals surface area contributed by atoms with E-state index in [-0.39, 0.29) is 23.6 Å². The van der Waals surface area contributed by atoms with Crippen molar-refractivity contribution in [2.75, 3.05) is 11.4 Å². The number of amides is 1. The van der Waals surface area contributed by atoms with Crippen LogP contribution < -0.4 is 4.90 Å². The number of carbonyl (C=O) groups is 1. The Kier molecular flexibility index (Phi) is 4.05. The van der Waals surface area contributed by atoms with E-state index in [1.165, 1.54) is 12.1 Å². The van der Waals surface area contributed by atoms with Crippen molar-refractivity contribution >= 4 is 11.6 Å². The van der Waals surface area contributed by atoms with Crippen LogP contribution in [0.25, 0.3) is 0 Å². The molecule has 2 unspecified atom stereocenters. The zero-order valence-corrected chi connectivity index (χ0v) is 12.3. The van der Waals surface area contributed by atoms with E-state index < -0.39 is 0 Å². The van der Waals surface area contributed by atoms with Gasteiger partial charge in [0.05, 0.1) is 0 Å². The molecule has 2 aromatic rings. The summed E-state index contributed by atoms with van der Waals surface area (Å²) in [5, 5.41) is 0. The van der Waals surface area contributed by atoms with Crippen molar-refractivity contribution in [1.29, 1.82) is 0 Å². The number of halogens is 1. The highest BCUT2D eigenvalue weighted by atomic mass is 19.1. The van der Waals surface area contributed by atoms with Crippen LogP contribution in [-0.2, 0) is 4.79 Å². The predicted molar refractivity (Wildman–Crippen MR) is 86.2 cm³/mol. The Morgan fingerprint density at radius 1 is 1.18 bits per heavy atom. The molecule has 1 saturated carbocycles. The molecule has 0 bridgehead atoms. The first-order valence-corrected chi connectivity index (χ1v) is 7.43. The van der Waals surface area contributed by atoms with Crippen LogP contribution in [-0.4, -0.2) is 12.5 Å². The topological polar surface area (TPSA) is 20.3 Å². The average molecular weight is 295 g/mol. The molecule has 0 N–H and O–H groups in total. The lowest BCUT2D eigenvalue weighted by atomic mass is 10.1. The lowest BCUT2D eigenvalue weighted by Gasteiger charge is -2.21. The maximum Gasteiger partial charge on any atom is 0.231 e. The minimum Gasteiger partial charge on any atom is -0.308 e. The molecule has 0 spiro atoms. The van der Waals surface area contributed by atoms with Crippen LogP contribution in [0.2, 0.25) is 0 Å². The second-order valence-electron chi connectivity index (χ2n) is 5.57. The Balaban J connectivity index is 1.75. The summed E-state index contributed by atoms with van der Waals surface area (Å²) in [6.45, 7) is 4.23. The first-order chi connectivity index (χ1) is 10.7. The molecule has 0 aromatic heterocycles. The van der Waals surface area contributed by atoms with E-state index in [0.717, 1.165) is 17.7 Å². The molecule has 1 amide bonds. The summed E-state index contributed by atoms with van der Waals surface area (Å²) >= 11 is 0. The monoisotopic (exact) mass is 295 g/mol. The highest BCUT2D eigenvalue weighted by Gasteiger charge is 2.45. The largest absolute Gasteiger partial charge is 0.308 e. The molecule has 0 saturated heterocycles. The maximum absolute atomic E-state index is 13.0. The number of para-hydroxylation sites is 1. The smallest absolute Gasteiger partial charge is 0.231 e. The third-order valence-electron chi connectivity index (χ3n) is 4.05. The second kappa shape index (κ2) is 6.14. The van der Waals surface area contributed by atoms with E-state index in [1.807, 2.05) is 30.3 Å². The zero-order valence-electron chi connectivity index (χ0n) is 12.3. The molecule has 22 heavy (non-hydrogen) atoms. The van der Waals surface area contributed by atoms with Crippen molar-refractivity contribution < 1.29 is 9.18 Å². The standard InChI is InChI=1S/C19H18FNO/c1-2-12-21(16-6-4-3-5-7-16)19(22)18-13-17(18)14-8-10-15(20)11-9-14/h2-11,17-18H,1,12-13H2. The first-order valence-electron chi connectivity index (χ1n) is 7.43. The van der Waals surface area contributed by atoms with Gasteiger partial charge in [0.1, 0.15) is 5.82 Å². The number of benzene rings is 2. The van der Waals surface area contributed by atoms with Gasteiger partial charge < -0.3 is 4.90 Å². The number of anilines is 1. The minimum absolute atomic E-state index is 0.0226. The van der Waals surface area contributed by atoms with Gasteiger partial charge >= 0.3 is 0 Å². The van der Waals surface area contributed by atoms with Crippen molar-refractivity contribution in [3.05, 3.63) is 78.6 Å². The van der Waals surface area contributed by atoms with Crippen LogP contribution in [0.1, 0.15) is 17.9 Å². The van der Waals surface area contributed by atoms with Crippen LogP contribution in [0.4, 0.5) is 10.1 Å². The number of rotatable bonds is 5. The highest BCUT2D eigenvalue weighted by molar-refractivity contribution is 5.97. The fourth-order valence-corrected chi connectivity index (χ4v) is 2.81. The Bertz CT molecular complexity index is 666. The van der Waals surface area contributed by atoms with Gasteiger partial charge in [-0.1, -0.05) is 36.4 Å². The van der Waals surface area contributed by atoms with Crippen LogP contribution in [0, 0.1) is 11.7 Å². The second-order valence-corrected chi connectivity index (χ2v) is 5.57. The van der Waals surface area contributed by atoms with Crippen molar-refractivity contribution in [3.8, 4) is 0 Å². The Labute approximate surface area is 129 Å². The highest BCUT2D eigenvalue weighted by Crippen LogP contribution is 2.48. The van der Waals surface area contributed by atoms with Gasteiger partial charge in [0.15, 0.2) is 0 Å². The van der Waals surface area contributed by atoms with Gasteiger partial charge in [-0.15, -0.1) is 6.58 Å². The summed E-state index contributed by atoms with van der Waals surface area (Å²) < 4.78 is 13.0. The van der Waals surface area contributed by atoms with Gasteiger partial charge in [-0.05, 0) is 42.2 Å². The third-order valence-corrected chi connectivity index (χ3v) is 4.05. The molecular formula is C19H18FNO. The Morgan fingerprint density at radius 2 is 1.86 bits per heavy atom. The minimum atomic E-state index is -0.246. The van der Waals surface area contributed by atoms with Gasteiger partial charge in [0, 0.05) is 18.2 Å². The summed E-state index contributed by atoms with van der Waals surface area (Å²) in [6.07, 6.45) is 2.56. The first kappa shape index (κ1) is 14.5. The molecule has 3 rings (SSSR count). The van der Waals surface area contributed by atoms with Gasteiger partial charge in [-0.25, -0.2) is 4.39 Å². The lowest BCUT2D eigenvalue weighted by molar-refractivity contribution is -0.119. The van der Waals surface area contributed by atoms with Crippen LogP contribution in [0.15, 0.2) is 67.3 Å². The fraction of sp³-hybridized carbons (Fsp3) is 0.211. The van der Waals surface area contributed by atoms with Gasteiger partial charge in [0.25, 0.3) is 0 Å². The summed E-state index contributed by atoms with van der Waals surface area (Å²) in [5.74, 6) is 0.0417. The van der Waals surface area contributed by atoms with Crippen molar-refractivity contribution in [3.63, 3.8) is 0 Å². The van der Waals surface area contributed by atoms with E-state index >= 15 is 0 Å². The number of hydrogen-bond acceptors (Lipinski definition) is 1. The molecule has 1 fully saturated rings. The summed E-state index contributed by atoms with van der Waals surface area (Å²) in [6, 6.07) is 16.1. The number of nitrogens with zero attached hydrogens (tertiary/aromatic N) is 1. The summed E-state index contributed by atoms with van der Waals surface area (Å²) in [5.41, 5.74) is 1.92. The van der Waals surface area contributed by atoms with Crippen LogP contribution >= 0.6 is 0 Å². The molecule has 2 aromatic carbocycles. The molecule has 2 atom stereocenters. The molecule has 1 aliphatic carbocycles. The van der Waals surface area contributed by atoms with Gasteiger partial charge in [-0.2, -0.15) is 0 Å². The fourth-order valence-electron chi connectivity index (χ4n) is 2.81. The lowest BCUT2D eigenvalue weighted by Crippen LogP contribution is -2.32. The normalized spacial score (nSPS) is 19.5. The summed E-state index contributed by atoms with van der Waals surface area (Å²) in [7, 11) is 0. The maximum atomic E-state index is 13.0. The molecule has 1 aliphatic rings. The number of carbonyl (C=O) groups excluding carboxylic acids is 1. The van der Waals surface area contributed by atoms with E-state index in [4.69, 9.17) is 0 Å². The van der Waals surface area contributed by atoms with Crippen molar-refractivity contribution in [1.82, 2.24) is 0 Å². The van der Waals surface area contributed by atoms with E-state index in [0.29, 0.717) is 6.54 Å². The number of hydrogen-bond donors (Lipinski definition) is 0. The van der Waals surface area contributed by atoms with Crippen molar-refractivity contribution in [2.24, 2.45) is 5.92 Å². The van der Waals surface area contributed by atoms with Crippen molar-refractivity contribution in [2.45, 2.75) is 12.3 Å². The van der Waals surface area contributed by atoms with Crippen LogP contribution in [0.3, 0.4) is 0 Å². The predicted octanol–water partition coefficient (Wildman–Crippen LogP) is 4.15. The van der Waals surface area contributed by atoms with Gasteiger partial charge in [-0.3, -0.25) is 4.79 Å². The SMILES string of the molecule is C=CCN(C(=O)C1CC1c1ccc(F)cc1)c1ccccc1. The molecule has 0 radical (unpaired) electrons. The molecule has 112 valence electrons. The van der Waals surface area contributed by atoms with Gasteiger partial charge in [0.2, 0.25) is 5.91 Å². The molecule has 2 nitrogen and oxygen atoms in total. The molecule has 3 heteroatoms. The zero-order chi connectivity index (χ0) is 15.5. The van der Waals surface area contributed by atoms with E-state index in [9.17, 15) is 9.18 Å². The van der Waals surface area contributed by atoms with Crippen LogP contribution in [0.5, 0.6) is 0 Å². The van der Waals surface area contributed by atoms with E-state index in [1.54, 1.807) is 23.1 Å². The quantitative estimate of drug-likeness (QED) is 0.759.